The molecule has 0 radical (unpaired) electrons. The second-order valence-corrected chi connectivity index (χ2v) is 16.1. The van der Waals surface area contributed by atoms with Crippen molar-refractivity contribution in [3.63, 3.8) is 0 Å². The molecule has 8 aromatic rings. The lowest BCUT2D eigenvalue weighted by Crippen LogP contribution is -2.12. The molecule has 0 spiro atoms. The Kier molecular flexibility index (Phi) is 9.01. The number of hydrogen-bond acceptors (Lipinski definition) is 7. The van der Waals surface area contributed by atoms with Crippen molar-refractivity contribution in [2.75, 3.05) is 0 Å². The molecule has 0 fully saturated rings. The lowest BCUT2D eigenvalue weighted by molar-refractivity contribution is 0.614. The van der Waals surface area contributed by atoms with Crippen LogP contribution in [0.3, 0.4) is 0 Å². The highest BCUT2D eigenvalue weighted by Gasteiger charge is 2.25. The first kappa shape index (κ1) is 32.2. The van der Waals surface area contributed by atoms with Crippen LogP contribution >= 0.6 is 34.0 Å². The Bertz CT molecular complexity index is 2530. The van der Waals surface area contributed by atoms with Gasteiger partial charge in [-0.15, -0.1) is 34.0 Å². The molecular weight excluding hydrogens is 665 g/mol. The maximum atomic E-state index is 14.1. The van der Waals surface area contributed by atoms with E-state index in [1.54, 1.807) is 8.80 Å². The van der Waals surface area contributed by atoms with Gasteiger partial charge in [-0.05, 0) is 37.1 Å². The van der Waals surface area contributed by atoms with E-state index in [2.05, 4.69) is 37.5 Å². The van der Waals surface area contributed by atoms with Gasteiger partial charge in [0.05, 0.1) is 20.8 Å². The molecule has 0 saturated carbocycles. The van der Waals surface area contributed by atoms with E-state index in [-0.39, 0.29) is 11.1 Å². The summed E-state index contributed by atoms with van der Waals surface area (Å²) in [6.07, 6.45) is 16.8. The second kappa shape index (κ2) is 13.7. The lowest BCUT2D eigenvalue weighted by Gasteiger charge is -2.05. The van der Waals surface area contributed by atoms with Gasteiger partial charge in [0.1, 0.15) is 30.4 Å². The van der Waals surface area contributed by atoms with Gasteiger partial charge in [0.25, 0.3) is 11.1 Å². The molecule has 8 rings (SSSR count). The van der Waals surface area contributed by atoms with Crippen molar-refractivity contribution in [2.45, 2.75) is 104 Å². The molecule has 248 valence electrons. The molecule has 0 bridgehead atoms. The van der Waals surface area contributed by atoms with Crippen molar-refractivity contribution >= 4 is 96.9 Å². The zero-order valence-electron chi connectivity index (χ0n) is 28.0. The Morgan fingerprint density at radius 1 is 0.592 bits per heavy atom. The maximum Gasteiger partial charge on any atom is 0.274 e. The number of benzene rings is 1. The Morgan fingerprint density at radius 3 is 1.47 bits per heavy atom. The number of fused-ring (bicyclic) bond motifs is 8. The number of pyridine rings is 2. The predicted octanol–water partition coefficient (Wildman–Crippen LogP) is 10.7. The second-order valence-electron chi connectivity index (χ2n) is 13.1. The van der Waals surface area contributed by atoms with Crippen molar-refractivity contribution < 1.29 is 0 Å². The third kappa shape index (κ3) is 5.66. The van der Waals surface area contributed by atoms with E-state index in [0.29, 0.717) is 20.7 Å². The molecule has 0 atom stereocenters. The van der Waals surface area contributed by atoms with E-state index in [9.17, 15) is 9.59 Å². The Labute approximate surface area is 296 Å². The molecule has 0 amide bonds. The van der Waals surface area contributed by atoms with Crippen LogP contribution in [0.2, 0.25) is 0 Å². The summed E-state index contributed by atoms with van der Waals surface area (Å²) in [5, 5.41) is 3.40. The lowest BCUT2D eigenvalue weighted by atomic mass is 10.0. The molecule has 0 aliphatic carbocycles. The zero-order chi connectivity index (χ0) is 33.5. The highest BCUT2D eigenvalue weighted by molar-refractivity contribution is 7.26. The van der Waals surface area contributed by atoms with Gasteiger partial charge in [-0.3, -0.25) is 18.4 Å². The molecule has 0 saturated heterocycles. The minimum absolute atomic E-state index is 0.135. The Hall–Kier alpha value is -4.02. The molecule has 1 aromatic carbocycles. The van der Waals surface area contributed by atoms with Crippen LogP contribution in [-0.2, 0) is 0 Å². The summed E-state index contributed by atoms with van der Waals surface area (Å²) in [5.74, 6) is 13.3. The molecular formula is C40H38N4O2S3. The topological polar surface area (TPSA) is 68.7 Å². The first-order valence-electron chi connectivity index (χ1n) is 17.8. The molecule has 0 N–H and O–H groups in total. The van der Waals surface area contributed by atoms with E-state index in [1.807, 2.05) is 24.3 Å². The summed E-state index contributed by atoms with van der Waals surface area (Å²) in [7, 11) is 0. The van der Waals surface area contributed by atoms with Crippen LogP contribution in [0, 0.1) is 23.7 Å². The summed E-state index contributed by atoms with van der Waals surface area (Å²) in [6.45, 7) is 4.48. The molecule has 9 heteroatoms. The fourth-order valence-corrected chi connectivity index (χ4v) is 10.0. The van der Waals surface area contributed by atoms with Gasteiger partial charge in [0.2, 0.25) is 0 Å². The van der Waals surface area contributed by atoms with Gasteiger partial charge in [-0.2, -0.15) is 0 Å². The number of thiophene rings is 3. The predicted molar refractivity (Wildman–Crippen MR) is 210 cm³/mol. The molecule has 0 aliphatic rings. The average Bonchev–Trinajstić information content (AvgIpc) is 3.91. The zero-order valence-corrected chi connectivity index (χ0v) is 30.5. The van der Waals surface area contributed by atoms with Gasteiger partial charge < -0.3 is 0 Å². The van der Waals surface area contributed by atoms with Crippen LogP contribution in [0.5, 0.6) is 0 Å². The van der Waals surface area contributed by atoms with Gasteiger partial charge in [-0.25, -0.2) is 9.97 Å². The van der Waals surface area contributed by atoms with E-state index < -0.39 is 0 Å². The maximum absolute atomic E-state index is 14.1. The Balaban J connectivity index is 1.14. The SMILES string of the molecule is CCCCCCCCC#Cc1cc2c(nc3c4ccc5c6c(sc(c(=O)n23)c46)c(=O)n2c3cc(C#CCCCCCCCC)sc3nc52)s1. The van der Waals surface area contributed by atoms with Crippen molar-refractivity contribution in [2.24, 2.45) is 0 Å². The third-order valence-electron chi connectivity index (χ3n) is 9.58. The van der Waals surface area contributed by atoms with Crippen molar-refractivity contribution in [3.8, 4) is 23.7 Å². The first-order valence-corrected chi connectivity index (χ1v) is 20.3. The summed E-state index contributed by atoms with van der Waals surface area (Å²) in [5.41, 5.74) is 2.56. The number of aromatic nitrogens is 4. The van der Waals surface area contributed by atoms with E-state index in [4.69, 9.17) is 9.97 Å². The number of hydrogen-bond donors (Lipinski definition) is 0. The van der Waals surface area contributed by atoms with Crippen molar-refractivity contribution in [3.05, 3.63) is 54.7 Å². The fourth-order valence-electron chi connectivity index (χ4n) is 7.08. The number of imidazole rings is 2. The number of rotatable bonds is 12. The van der Waals surface area contributed by atoms with Crippen LogP contribution in [0.25, 0.3) is 62.9 Å². The average molecular weight is 703 g/mol. The van der Waals surface area contributed by atoms with Gasteiger partial charge >= 0.3 is 0 Å². The highest BCUT2D eigenvalue weighted by atomic mass is 32.1. The molecule has 0 unspecified atom stereocenters. The summed E-state index contributed by atoms with van der Waals surface area (Å²) in [4.78, 5) is 41.7. The van der Waals surface area contributed by atoms with Crippen molar-refractivity contribution in [1.82, 2.24) is 18.8 Å². The molecule has 0 aliphatic heterocycles. The highest BCUT2D eigenvalue weighted by Crippen LogP contribution is 2.42. The third-order valence-corrected chi connectivity index (χ3v) is 12.6. The summed E-state index contributed by atoms with van der Waals surface area (Å²) < 4.78 is 4.60. The van der Waals surface area contributed by atoms with Crippen LogP contribution in [0.15, 0.2) is 33.9 Å². The normalized spacial score (nSPS) is 12.0. The van der Waals surface area contributed by atoms with Gasteiger partial charge in [0, 0.05) is 34.4 Å². The van der Waals surface area contributed by atoms with E-state index in [0.717, 1.165) is 77.7 Å². The van der Waals surface area contributed by atoms with Gasteiger partial charge in [-0.1, -0.05) is 102 Å². The van der Waals surface area contributed by atoms with E-state index in [1.165, 1.54) is 98.2 Å². The monoisotopic (exact) mass is 702 g/mol. The van der Waals surface area contributed by atoms with E-state index >= 15 is 0 Å². The molecule has 7 heterocycles. The minimum atomic E-state index is -0.135. The minimum Gasteiger partial charge on any atom is -0.267 e. The van der Waals surface area contributed by atoms with Gasteiger partial charge in [0.15, 0.2) is 0 Å². The Morgan fingerprint density at radius 2 is 1.02 bits per heavy atom. The van der Waals surface area contributed by atoms with Crippen LogP contribution < -0.4 is 11.1 Å². The van der Waals surface area contributed by atoms with Crippen LogP contribution in [0.1, 0.15) is 113 Å². The first-order chi connectivity index (χ1) is 24.1. The van der Waals surface area contributed by atoms with Crippen LogP contribution in [-0.4, -0.2) is 18.8 Å². The number of nitrogens with zero attached hydrogens (tertiary/aromatic N) is 4. The summed E-state index contributed by atoms with van der Waals surface area (Å²) in [6, 6.07) is 8.06. The quantitative estimate of drug-likeness (QED) is 0.0722. The molecule has 6 nitrogen and oxygen atoms in total. The molecule has 49 heavy (non-hydrogen) atoms. The standard InChI is InChI=1S/C40H38N4O2S3/c1-3-5-7-9-11-13-15-17-19-25-23-29-37(47-25)41-35-27-21-22-28-32-31(27)33(39(45)43(29)35)49-34(32)40(46)44-30-24-26(48-38(30)42-36(28)44)20-18-16-14-12-10-8-6-4-2/h21-24H,3-16H2,1-2H3. The fraction of sp³-hybridized carbons (Fsp3) is 0.400. The molecule has 7 aromatic heterocycles. The summed E-state index contributed by atoms with van der Waals surface area (Å²) >= 11 is 4.36. The van der Waals surface area contributed by atoms with Crippen LogP contribution in [0.4, 0.5) is 0 Å². The largest absolute Gasteiger partial charge is 0.274 e. The number of unbranched alkanes of at least 4 members (excludes halogenated alkanes) is 12. The smallest absolute Gasteiger partial charge is 0.267 e. The van der Waals surface area contributed by atoms with Crippen molar-refractivity contribution in [1.29, 1.82) is 0 Å².